The average molecular weight is 229 g/mol. The fourth-order valence-electron chi connectivity index (χ4n) is 2.38. The van der Waals surface area contributed by atoms with E-state index >= 15 is 0 Å². The van der Waals surface area contributed by atoms with E-state index < -0.39 is 5.79 Å². The first-order valence-corrected chi connectivity index (χ1v) is 6.26. The highest BCUT2D eigenvalue weighted by molar-refractivity contribution is 4.81. The molecule has 0 spiro atoms. The van der Waals surface area contributed by atoms with Crippen molar-refractivity contribution < 1.29 is 14.6 Å². The third-order valence-electron chi connectivity index (χ3n) is 3.55. The Morgan fingerprint density at radius 3 is 2.50 bits per heavy atom. The van der Waals surface area contributed by atoms with Gasteiger partial charge in [-0.2, -0.15) is 0 Å². The zero-order valence-corrected chi connectivity index (χ0v) is 10.2. The van der Waals surface area contributed by atoms with Crippen LogP contribution in [-0.4, -0.2) is 42.8 Å². The fourth-order valence-corrected chi connectivity index (χ4v) is 2.38. The van der Waals surface area contributed by atoms with Crippen LogP contribution in [0.25, 0.3) is 0 Å². The Morgan fingerprint density at radius 2 is 1.94 bits per heavy atom. The van der Waals surface area contributed by atoms with Crippen molar-refractivity contribution >= 4 is 0 Å². The van der Waals surface area contributed by atoms with Crippen molar-refractivity contribution in [3.8, 4) is 0 Å². The van der Waals surface area contributed by atoms with E-state index in [0.717, 1.165) is 25.8 Å². The summed E-state index contributed by atoms with van der Waals surface area (Å²) < 4.78 is 11.1. The van der Waals surface area contributed by atoms with E-state index in [4.69, 9.17) is 9.47 Å². The van der Waals surface area contributed by atoms with Gasteiger partial charge in [0.25, 0.3) is 0 Å². The minimum atomic E-state index is -0.439. The maximum Gasteiger partial charge on any atom is 0.162 e. The number of rotatable bonds is 3. The van der Waals surface area contributed by atoms with Gasteiger partial charge in [-0.1, -0.05) is 6.42 Å². The quantitative estimate of drug-likeness (QED) is 0.754. The van der Waals surface area contributed by atoms with Crippen LogP contribution in [0.2, 0.25) is 0 Å². The molecule has 1 saturated heterocycles. The van der Waals surface area contributed by atoms with Gasteiger partial charge < -0.3 is 19.9 Å². The Labute approximate surface area is 97.3 Å². The molecule has 2 N–H and O–H groups in total. The first kappa shape index (κ1) is 12.3. The molecular weight excluding hydrogens is 206 g/mol. The largest absolute Gasteiger partial charge is 0.393 e. The summed E-state index contributed by atoms with van der Waals surface area (Å²) >= 11 is 0. The molecule has 0 amide bonds. The molecule has 1 saturated carbocycles. The van der Waals surface area contributed by atoms with E-state index in [1.165, 1.54) is 0 Å². The third-order valence-corrected chi connectivity index (χ3v) is 3.55. The SMILES string of the molecule is CC1(C)OCC(NCC2CCCC2O)CO1. The molecule has 1 heterocycles. The van der Waals surface area contributed by atoms with Crippen molar-refractivity contribution in [3.05, 3.63) is 0 Å². The monoisotopic (exact) mass is 229 g/mol. The predicted molar refractivity (Wildman–Crippen MR) is 61.1 cm³/mol. The summed E-state index contributed by atoms with van der Waals surface area (Å²) in [6.07, 6.45) is 3.12. The second kappa shape index (κ2) is 5.00. The van der Waals surface area contributed by atoms with Crippen LogP contribution >= 0.6 is 0 Å². The van der Waals surface area contributed by atoms with Crippen molar-refractivity contribution in [1.82, 2.24) is 5.32 Å². The number of ether oxygens (including phenoxy) is 2. The minimum absolute atomic E-state index is 0.116. The van der Waals surface area contributed by atoms with Crippen molar-refractivity contribution in [2.24, 2.45) is 5.92 Å². The highest BCUT2D eigenvalue weighted by atomic mass is 16.7. The van der Waals surface area contributed by atoms with Crippen LogP contribution in [0, 0.1) is 5.92 Å². The molecule has 0 aromatic heterocycles. The lowest BCUT2D eigenvalue weighted by Crippen LogP contribution is -2.49. The molecule has 1 aliphatic carbocycles. The molecule has 0 radical (unpaired) electrons. The average Bonchev–Trinajstić information content (AvgIpc) is 2.63. The Morgan fingerprint density at radius 1 is 1.25 bits per heavy atom. The van der Waals surface area contributed by atoms with Crippen LogP contribution in [0.15, 0.2) is 0 Å². The van der Waals surface area contributed by atoms with Crippen molar-refractivity contribution in [3.63, 3.8) is 0 Å². The van der Waals surface area contributed by atoms with E-state index in [1.807, 2.05) is 13.8 Å². The molecular formula is C12H23NO3. The first-order chi connectivity index (χ1) is 7.57. The second-order valence-electron chi connectivity index (χ2n) is 5.39. The third kappa shape index (κ3) is 3.17. The lowest BCUT2D eigenvalue weighted by atomic mass is 10.1. The lowest BCUT2D eigenvalue weighted by Gasteiger charge is -2.35. The Bertz CT molecular complexity index is 222. The zero-order chi connectivity index (χ0) is 11.6. The van der Waals surface area contributed by atoms with Gasteiger partial charge in [-0.25, -0.2) is 0 Å². The van der Waals surface area contributed by atoms with E-state index in [1.54, 1.807) is 0 Å². The van der Waals surface area contributed by atoms with Crippen molar-refractivity contribution in [2.75, 3.05) is 19.8 Å². The normalized spacial score (nSPS) is 35.4. The van der Waals surface area contributed by atoms with Gasteiger partial charge >= 0.3 is 0 Å². The summed E-state index contributed by atoms with van der Waals surface area (Å²) in [6.45, 7) is 6.12. The standard InChI is InChI=1S/C12H23NO3/c1-12(2)15-7-10(8-16-12)13-6-9-4-3-5-11(9)14/h9-11,13-14H,3-8H2,1-2H3. The second-order valence-corrected chi connectivity index (χ2v) is 5.39. The van der Waals surface area contributed by atoms with Crippen LogP contribution in [0.4, 0.5) is 0 Å². The van der Waals surface area contributed by atoms with Crippen molar-refractivity contribution in [2.45, 2.75) is 51.0 Å². The molecule has 4 heteroatoms. The molecule has 1 aliphatic heterocycles. The molecule has 2 aliphatic rings. The topological polar surface area (TPSA) is 50.7 Å². The predicted octanol–water partition coefficient (Wildman–Crippen LogP) is 0.888. The van der Waals surface area contributed by atoms with Gasteiger partial charge in [-0.05, 0) is 32.6 Å². The Kier molecular flexibility index (Phi) is 3.85. The van der Waals surface area contributed by atoms with Gasteiger partial charge in [0.1, 0.15) is 0 Å². The molecule has 4 nitrogen and oxygen atoms in total. The lowest BCUT2D eigenvalue weighted by molar-refractivity contribution is -0.253. The summed E-state index contributed by atoms with van der Waals surface area (Å²) in [5, 5.41) is 13.1. The maximum absolute atomic E-state index is 9.70. The number of hydrogen-bond acceptors (Lipinski definition) is 4. The molecule has 2 fully saturated rings. The summed E-state index contributed by atoms with van der Waals surface area (Å²) in [7, 11) is 0. The van der Waals surface area contributed by atoms with Gasteiger partial charge in [0.15, 0.2) is 5.79 Å². The van der Waals surface area contributed by atoms with Crippen LogP contribution in [0.5, 0.6) is 0 Å². The number of aliphatic hydroxyl groups excluding tert-OH is 1. The molecule has 0 aromatic carbocycles. The van der Waals surface area contributed by atoms with Gasteiger partial charge in [-0.15, -0.1) is 0 Å². The highest BCUT2D eigenvalue weighted by Gasteiger charge is 2.30. The van der Waals surface area contributed by atoms with Gasteiger partial charge in [0.05, 0.1) is 25.4 Å². The van der Waals surface area contributed by atoms with E-state index in [0.29, 0.717) is 19.1 Å². The fraction of sp³-hybridized carbons (Fsp3) is 1.00. The molecule has 94 valence electrons. The molecule has 0 aromatic rings. The van der Waals surface area contributed by atoms with E-state index in [9.17, 15) is 5.11 Å². The highest BCUT2D eigenvalue weighted by Crippen LogP contribution is 2.25. The molecule has 2 atom stereocenters. The molecule has 0 bridgehead atoms. The summed E-state index contributed by atoms with van der Waals surface area (Å²) in [5.41, 5.74) is 0. The van der Waals surface area contributed by atoms with Crippen molar-refractivity contribution in [1.29, 1.82) is 0 Å². The van der Waals surface area contributed by atoms with Gasteiger partial charge in [0.2, 0.25) is 0 Å². The number of nitrogens with one attached hydrogen (secondary N) is 1. The zero-order valence-electron chi connectivity index (χ0n) is 10.2. The van der Waals surface area contributed by atoms with E-state index in [-0.39, 0.29) is 12.1 Å². The molecule has 2 unspecified atom stereocenters. The van der Waals surface area contributed by atoms with Crippen LogP contribution in [0.3, 0.4) is 0 Å². The summed E-state index contributed by atoms with van der Waals surface area (Å²) in [5.74, 6) is -0.0275. The molecule has 2 rings (SSSR count). The first-order valence-electron chi connectivity index (χ1n) is 6.26. The van der Waals surface area contributed by atoms with E-state index in [2.05, 4.69) is 5.32 Å². The summed E-state index contributed by atoms with van der Waals surface area (Å²) in [4.78, 5) is 0. The van der Waals surface area contributed by atoms with Gasteiger partial charge in [-0.3, -0.25) is 0 Å². The maximum atomic E-state index is 9.70. The van der Waals surface area contributed by atoms with Crippen LogP contribution < -0.4 is 5.32 Å². The summed E-state index contributed by atoms with van der Waals surface area (Å²) in [6, 6.07) is 0.265. The number of hydrogen-bond donors (Lipinski definition) is 2. The Hall–Kier alpha value is -0.160. The van der Waals surface area contributed by atoms with Gasteiger partial charge in [0, 0.05) is 6.54 Å². The molecule has 16 heavy (non-hydrogen) atoms. The minimum Gasteiger partial charge on any atom is -0.393 e. The Balaban J connectivity index is 1.67. The van der Waals surface area contributed by atoms with Crippen LogP contribution in [-0.2, 0) is 9.47 Å². The smallest absolute Gasteiger partial charge is 0.162 e. The number of aliphatic hydroxyl groups is 1. The van der Waals surface area contributed by atoms with Crippen LogP contribution in [0.1, 0.15) is 33.1 Å².